The minimum absolute atomic E-state index is 0.609. The van der Waals surface area contributed by atoms with E-state index in [9.17, 15) is 0 Å². The summed E-state index contributed by atoms with van der Waals surface area (Å²) in [4.78, 5) is 6.37. The van der Waals surface area contributed by atoms with Gasteiger partial charge < -0.3 is 9.64 Å². The molecule has 4 heteroatoms. The van der Waals surface area contributed by atoms with Gasteiger partial charge in [-0.05, 0) is 31.2 Å². The fourth-order valence-electron chi connectivity index (χ4n) is 1.84. The maximum absolute atomic E-state index is 9.00. The van der Waals surface area contributed by atoms with Gasteiger partial charge in [0.05, 0.1) is 18.7 Å². The summed E-state index contributed by atoms with van der Waals surface area (Å²) in [6.45, 7) is 1.88. The summed E-state index contributed by atoms with van der Waals surface area (Å²) in [6, 6.07) is 13.4. The molecule has 0 N–H and O–H groups in total. The first kappa shape index (κ1) is 12.9. The Balaban J connectivity index is 2.40. The van der Waals surface area contributed by atoms with Crippen LogP contribution in [0.25, 0.3) is 0 Å². The minimum atomic E-state index is 0.609. The van der Waals surface area contributed by atoms with Crippen LogP contribution in [-0.4, -0.2) is 19.1 Å². The molecule has 0 amide bonds. The molecule has 4 nitrogen and oxygen atoms in total. The lowest BCUT2D eigenvalue weighted by molar-refractivity contribution is 0.415. The summed E-state index contributed by atoms with van der Waals surface area (Å²) in [7, 11) is 3.55. The molecule has 1 heterocycles. The number of aromatic nitrogens is 1. The second-order valence-electron chi connectivity index (χ2n) is 4.23. The Bertz CT molecular complexity index is 632. The molecule has 0 aliphatic heterocycles. The summed E-state index contributed by atoms with van der Waals surface area (Å²) < 4.78 is 5.21. The van der Waals surface area contributed by atoms with Gasteiger partial charge in [-0.25, -0.2) is 4.98 Å². The van der Waals surface area contributed by atoms with E-state index in [0.29, 0.717) is 5.56 Å². The molecule has 0 fully saturated rings. The zero-order valence-electron chi connectivity index (χ0n) is 11.2. The van der Waals surface area contributed by atoms with Gasteiger partial charge in [0, 0.05) is 24.5 Å². The van der Waals surface area contributed by atoms with Crippen molar-refractivity contribution < 1.29 is 4.74 Å². The standard InChI is InChI=1S/C15H15N3O/c1-11-7-12(10-16)8-15(17-11)18(2)13-5-4-6-14(9-13)19-3/h4-9H,1-3H3. The lowest BCUT2D eigenvalue weighted by atomic mass is 10.2. The molecular formula is C15H15N3O. The number of nitrogens with zero attached hydrogens (tertiary/aromatic N) is 3. The molecule has 0 aliphatic carbocycles. The Hall–Kier alpha value is -2.54. The molecule has 0 saturated heterocycles. The first-order valence-corrected chi connectivity index (χ1v) is 5.90. The highest BCUT2D eigenvalue weighted by molar-refractivity contribution is 5.62. The van der Waals surface area contributed by atoms with Crippen molar-refractivity contribution in [3.63, 3.8) is 0 Å². The third kappa shape index (κ3) is 2.83. The molecule has 1 aromatic heterocycles. The molecule has 0 aliphatic rings. The van der Waals surface area contributed by atoms with Gasteiger partial charge in [-0.3, -0.25) is 0 Å². The Morgan fingerprint density at radius 3 is 2.74 bits per heavy atom. The molecule has 0 radical (unpaired) electrons. The first-order valence-electron chi connectivity index (χ1n) is 5.90. The van der Waals surface area contributed by atoms with Gasteiger partial charge in [0.25, 0.3) is 0 Å². The van der Waals surface area contributed by atoms with E-state index in [2.05, 4.69) is 11.1 Å². The molecule has 0 unspecified atom stereocenters. The number of hydrogen-bond acceptors (Lipinski definition) is 4. The molecule has 1 aromatic carbocycles. The Morgan fingerprint density at radius 1 is 1.26 bits per heavy atom. The van der Waals surface area contributed by atoms with Crippen molar-refractivity contribution in [2.75, 3.05) is 19.1 Å². The SMILES string of the molecule is COc1cccc(N(C)c2cc(C#N)cc(C)n2)c1. The van der Waals surface area contributed by atoms with E-state index in [4.69, 9.17) is 10.00 Å². The van der Waals surface area contributed by atoms with Gasteiger partial charge in [0.1, 0.15) is 11.6 Å². The summed E-state index contributed by atoms with van der Waals surface area (Å²) >= 11 is 0. The van der Waals surface area contributed by atoms with Gasteiger partial charge in [0.15, 0.2) is 0 Å². The number of aryl methyl sites for hydroxylation is 1. The second kappa shape index (κ2) is 5.40. The summed E-state index contributed by atoms with van der Waals surface area (Å²) in [5.41, 5.74) is 2.39. The quantitative estimate of drug-likeness (QED) is 0.843. The molecule has 0 atom stereocenters. The number of ether oxygens (including phenoxy) is 1. The zero-order valence-corrected chi connectivity index (χ0v) is 11.2. The molecule has 0 saturated carbocycles. The van der Waals surface area contributed by atoms with E-state index in [0.717, 1.165) is 22.9 Å². The summed E-state index contributed by atoms with van der Waals surface area (Å²) in [5, 5.41) is 9.00. The third-order valence-corrected chi connectivity index (χ3v) is 2.85. The van der Waals surface area contributed by atoms with Crippen LogP contribution < -0.4 is 9.64 Å². The van der Waals surface area contributed by atoms with Gasteiger partial charge >= 0.3 is 0 Å². The van der Waals surface area contributed by atoms with Gasteiger partial charge in [-0.15, -0.1) is 0 Å². The number of methoxy groups -OCH3 is 1. The van der Waals surface area contributed by atoms with Crippen LogP contribution in [-0.2, 0) is 0 Å². The predicted molar refractivity (Wildman–Crippen MR) is 74.7 cm³/mol. The normalized spacial score (nSPS) is 9.79. The third-order valence-electron chi connectivity index (χ3n) is 2.85. The lowest BCUT2D eigenvalue weighted by Gasteiger charge is -2.19. The maximum atomic E-state index is 9.00. The van der Waals surface area contributed by atoms with E-state index in [1.54, 1.807) is 19.2 Å². The topological polar surface area (TPSA) is 49.1 Å². The highest BCUT2D eigenvalue weighted by atomic mass is 16.5. The maximum Gasteiger partial charge on any atom is 0.134 e. The fourth-order valence-corrected chi connectivity index (χ4v) is 1.84. The smallest absolute Gasteiger partial charge is 0.134 e. The summed E-state index contributed by atoms with van der Waals surface area (Å²) in [5.74, 6) is 1.53. The van der Waals surface area contributed by atoms with Crippen LogP contribution in [0, 0.1) is 18.3 Å². The average Bonchev–Trinajstić information content (AvgIpc) is 2.45. The van der Waals surface area contributed by atoms with E-state index < -0.39 is 0 Å². The first-order chi connectivity index (χ1) is 9.13. The van der Waals surface area contributed by atoms with E-state index in [1.165, 1.54) is 0 Å². The molecular weight excluding hydrogens is 238 g/mol. The van der Waals surface area contributed by atoms with Crippen LogP contribution in [0.4, 0.5) is 11.5 Å². The second-order valence-corrected chi connectivity index (χ2v) is 4.23. The molecule has 2 aromatic rings. The van der Waals surface area contributed by atoms with E-state index >= 15 is 0 Å². The minimum Gasteiger partial charge on any atom is -0.497 e. The number of anilines is 2. The van der Waals surface area contributed by atoms with Crippen molar-refractivity contribution in [1.82, 2.24) is 4.98 Å². The predicted octanol–water partition coefficient (Wildman–Crippen LogP) is 3.04. The number of hydrogen-bond donors (Lipinski definition) is 0. The van der Waals surface area contributed by atoms with Crippen molar-refractivity contribution in [2.45, 2.75) is 6.92 Å². The van der Waals surface area contributed by atoms with Gasteiger partial charge in [-0.2, -0.15) is 5.26 Å². The fraction of sp³-hybridized carbons (Fsp3) is 0.200. The number of pyridine rings is 1. The highest BCUT2D eigenvalue weighted by Gasteiger charge is 2.08. The van der Waals surface area contributed by atoms with Crippen molar-refractivity contribution in [3.8, 4) is 11.8 Å². The molecule has 19 heavy (non-hydrogen) atoms. The van der Waals surface area contributed by atoms with Crippen LogP contribution in [0.15, 0.2) is 36.4 Å². The number of rotatable bonds is 3. The number of nitriles is 1. The highest BCUT2D eigenvalue weighted by Crippen LogP contribution is 2.26. The average molecular weight is 253 g/mol. The van der Waals surface area contributed by atoms with Gasteiger partial charge in [0.2, 0.25) is 0 Å². The van der Waals surface area contributed by atoms with Crippen molar-refractivity contribution >= 4 is 11.5 Å². The van der Waals surface area contributed by atoms with Crippen LogP contribution >= 0.6 is 0 Å². The Kier molecular flexibility index (Phi) is 3.67. The molecule has 2 rings (SSSR count). The van der Waals surface area contributed by atoms with Crippen LogP contribution in [0.1, 0.15) is 11.3 Å². The molecule has 96 valence electrons. The van der Waals surface area contributed by atoms with Crippen LogP contribution in [0.5, 0.6) is 5.75 Å². The van der Waals surface area contributed by atoms with E-state index in [1.807, 2.05) is 43.1 Å². The lowest BCUT2D eigenvalue weighted by Crippen LogP contribution is -2.12. The van der Waals surface area contributed by atoms with E-state index in [-0.39, 0.29) is 0 Å². The number of benzene rings is 1. The summed E-state index contributed by atoms with van der Waals surface area (Å²) in [6.07, 6.45) is 0. The van der Waals surface area contributed by atoms with Gasteiger partial charge in [-0.1, -0.05) is 6.07 Å². The Morgan fingerprint density at radius 2 is 2.05 bits per heavy atom. The van der Waals surface area contributed by atoms with Crippen LogP contribution in [0.2, 0.25) is 0 Å². The van der Waals surface area contributed by atoms with Crippen molar-refractivity contribution in [2.24, 2.45) is 0 Å². The molecule has 0 spiro atoms. The molecule has 0 bridgehead atoms. The zero-order chi connectivity index (χ0) is 13.8. The monoisotopic (exact) mass is 253 g/mol. The van der Waals surface area contributed by atoms with Crippen LogP contribution in [0.3, 0.4) is 0 Å². The Labute approximate surface area is 112 Å². The van der Waals surface area contributed by atoms with Crippen molar-refractivity contribution in [3.05, 3.63) is 47.7 Å². The van der Waals surface area contributed by atoms with Crippen molar-refractivity contribution in [1.29, 1.82) is 5.26 Å². The largest absolute Gasteiger partial charge is 0.497 e.